The largest absolute Gasteiger partial charge is 0.123 e. The summed E-state index contributed by atoms with van der Waals surface area (Å²) in [6, 6.07) is 8.94. The third-order valence-electron chi connectivity index (χ3n) is 2.88. The number of thioether (sulfide) groups is 1. The number of hydrogen-bond donors (Lipinski definition) is 0. The van der Waals surface area contributed by atoms with Crippen LogP contribution in [0, 0.1) is 6.92 Å². The number of benzene rings is 1. The van der Waals surface area contributed by atoms with E-state index in [0.29, 0.717) is 0 Å². The van der Waals surface area contributed by atoms with Crippen molar-refractivity contribution >= 4 is 11.8 Å². The maximum Gasteiger partial charge on any atom is 0.00944 e. The van der Waals surface area contributed by atoms with Gasteiger partial charge in [0.25, 0.3) is 0 Å². The van der Waals surface area contributed by atoms with Crippen LogP contribution in [-0.2, 0) is 0 Å². The molecule has 0 heterocycles. The molecule has 1 aromatic carbocycles. The van der Waals surface area contributed by atoms with E-state index in [1.54, 1.807) is 0 Å². The van der Waals surface area contributed by atoms with Crippen LogP contribution < -0.4 is 0 Å². The standard InChI is InChI=1S/C13H18S.C2H6/c1-11-7-9-13(10-8-11)14-12-5-3-2-4-6-12;1-2/h7-10,12H,2-6H2,1H3;1-2H3. The van der Waals surface area contributed by atoms with Crippen LogP contribution in [0.5, 0.6) is 0 Å². The van der Waals surface area contributed by atoms with Gasteiger partial charge in [0, 0.05) is 10.1 Å². The van der Waals surface area contributed by atoms with Gasteiger partial charge in [-0.3, -0.25) is 0 Å². The minimum atomic E-state index is 0.881. The molecule has 1 aromatic rings. The van der Waals surface area contributed by atoms with Crippen LogP contribution in [-0.4, -0.2) is 5.25 Å². The second-order valence-electron chi connectivity index (χ2n) is 4.19. The first-order valence-corrected chi connectivity index (χ1v) is 7.46. The minimum absolute atomic E-state index is 0.881. The average Bonchev–Trinajstić information content (AvgIpc) is 2.36. The van der Waals surface area contributed by atoms with Gasteiger partial charge in [-0.15, -0.1) is 11.8 Å². The monoisotopic (exact) mass is 236 g/mol. The van der Waals surface area contributed by atoms with E-state index in [4.69, 9.17) is 0 Å². The predicted octanol–water partition coefficient (Wildman–Crippen LogP) is 5.45. The first kappa shape index (κ1) is 13.6. The van der Waals surface area contributed by atoms with E-state index in [0.717, 1.165) is 5.25 Å². The molecule has 90 valence electrons. The molecule has 16 heavy (non-hydrogen) atoms. The van der Waals surface area contributed by atoms with Crippen LogP contribution in [0.3, 0.4) is 0 Å². The van der Waals surface area contributed by atoms with E-state index < -0.39 is 0 Å². The van der Waals surface area contributed by atoms with Crippen LogP contribution in [0.4, 0.5) is 0 Å². The Morgan fingerprint density at radius 3 is 2.06 bits per heavy atom. The highest BCUT2D eigenvalue weighted by atomic mass is 32.2. The van der Waals surface area contributed by atoms with Gasteiger partial charge in [0.1, 0.15) is 0 Å². The highest BCUT2D eigenvalue weighted by molar-refractivity contribution is 8.00. The molecule has 1 saturated carbocycles. The molecule has 0 unspecified atom stereocenters. The molecular formula is C15H24S. The molecule has 0 spiro atoms. The third kappa shape index (κ3) is 4.61. The number of aryl methyl sites for hydroxylation is 1. The quantitative estimate of drug-likeness (QED) is 0.658. The number of rotatable bonds is 2. The Balaban J connectivity index is 0.000000606. The van der Waals surface area contributed by atoms with Gasteiger partial charge < -0.3 is 0 Å². The van der Waals surface area contributed by atoms with Crippen LogP contribution in [0.2, 0.25) is 0 Å². The Hall–Kier alpha value is -0.430. The van der Waals surface area contributed by atoms with Gasteiger partial charge in [0.05, 0.1) is 0 Å². The highest BCUT2D eigenvalue weighted by Gasteiger charge is 2.13. The molecule has 0 N–H and O–H groups in total. The molecule has 1 aliphatic rings. The second-order valence-corrected chi connectivity index (χ2v) is 5.56. The van der Waals surface area contributed by atoms with Crippen molar-refractivity contribution in [2.24, 2.45) is 0 Å². The fourth-order valence-electron chi connectivity index (χ4n) is 1.99. The van der Waals surface area contributed by atoms with Crippen molar-refractivity contribution in [3.05, 3.63) is 29.8 Å². The summed E-state index contributed by atoms with van der Waals surface area (Å²) in [5, 5.41) is 0.881. The van der Waals surface area contributed by atoms with Gasteiger partial charge in [-0.2, -0.15) is 0 Å². The molecule has 0 bridgehead atoms. The van der Waals surface area contributed by atoms with Gasteiger partial charge in [0.15, 0.2) is 0 Å². The summed E-state index contributed by atoms with van der Waals surface area (Å²) < 4.78 is 0. The van der Waals surface area contributed by atoms with Crippen molar-refractivity contribution in [1.82, 2.24) is 0 Å². The highest BCUT2D eigenvalue weighted by Crippen LogP contribution is 2.33. The van der Waals surface area contributed by atoms with Gasteiger partial charge in [-0.1, -0.05) is 50.8 Å². The molecule has 1 aliphatic carbocycles. The first-order valence-electron chi connectivity index (χ1n) is 6.58. The second kappa shape index (κ2) is 7.78. The summed E-state index contributed by atoms with van der Waals surface area (Å²) >= 11 is 2.07. The van der Waals surface area contributed by atoms with E-state index in [1.807, 2.05) is 13.8 Å². The van der Waals surface area contributed by atoms with Crippen LogP contribution in [0.15, 0.2) is 29.2 Å². The first-order chi connectivity index (χ1) is 7.84. The Labute approximate surface area is 105 Å². The Kier molecular flexibility index (Phi) is 6.63. The lowest BCUT2D eigenvalue weighted by molar-refractivity contribution is 0.516. The predicted molar refractivity (Wildman–Crippen MR) is 75.3 cm³/mol. The molecule has 0 amide bonds. The van der Waals surface area contributed by atoms with Crippen molar-refractivity contribution in [2.75, 3.05) is 0 Å². The molecule has 0 aliphatic heterocycles. The summed E-state index contributed by atoms with van der Waals surface area (Å²) in [6.07, 6.45) is 7.15. The summed E-state index contributed by atoms with van der Waals surface area (Å²) in [5.74, 6) is 0. The summed E-state index contributed by atoms with van der Waals surface area (Å²) in [4.78, 5) is 1.45. The summed E-state index contributed by atoms with van der Waals surface area (Å²) in [5.41, 5.74) is 1.36. The van der Waals surface area contributed by atoms with Crippen LogP contribution in [0.1, 0.15) is 51.5 Å². The fraction of sp³-hybridized carbons (Fsp3) is 0.600. The van der Waals surface area contributed by atoms with E-state index in [1.165, 1.54) is 42.6 Å². The Bertz CT molecular complexity index is 270. The Morgan fingerprint density at radius 1 is 0.938 bits per heavy atom. The van der Waals surface area contributed by atoms with Crippen LogP contribution in [0.25, 0.3) is 0 Å². The van der Waals surface area contributed by atoms with Gasteiger partial charge >= 0.3 is 0 Å². The SMILES string of the molecule is CC.Cc1ccc(SC2CCCCC2)cc1. The fourth-order valence-corrected chi connectivity index (χ4v) is 3.24. The van der Waals surface area contributed by atoms with Crippen molar-refractivity contribution in [2.45, 2.75) is 63.0 Å². The lowest BCUT2D eigenvalue weighted by atomic mass is 10.0. The van der Waals surface area contributed by atoms with E-state index in [2.05, 4.69) is 43.0 Å². The molecule has 0 radical (unpaired) electrons. The molecule has 0 aromatic heterocycles. The lowest BCUT2D eigenvalue weighted by Gasteiger charge is -2.20. The zero-order valence-corrected chi connectivity index (χ0v) is 11.6. The molecule has 0 saturated heterocycles. The maximum atomic E-state index is 2.26. The maximum absolute atomic E-state index is 2.26. The zero-order chi connectivity index (χ0) is 11.8. The summed E-state index contributed by atoms with van der Waals surface area (Å²) in [7, 11) is 0. The van der Waals surface area contributed by atoms with Gasteiger partial charge in [0.2, 0.25) is 0 Å². The average molecular weight is 236 g/mol. The molecule has 1 heteroatoms. The van der Waals surface area contributed by atoms with Crippen molar-refractivity contribution < 1.29 is 0 Å². The van der Waals surface area contributed by atoms with E-state index in [9.17, 15) is 0 Å². The Morgan fingerprint density at radius 2 is 1.50 bits per heavy atom. The minimum Gasteiger partial charge on any atom is -0.123 e. The van der Waals surface area contributed by atoms with Crippen molar-refractivity contribution in [3.63, 3.8) is 0 Å². The van der Waals surface area contributed by atoms with E-state index >= 15 is 0 Å². The zero-order valence-electron chi connectivity index (χ0n) is 10.8. The normalized spacial score (nSPS) is 16.4. The lowest BCUT2D eigenvalue weighted by Crippen LogP contribution is -2.07. The van der Waals surface area contributed by atoms with Crippen molar-refractivity contribution in [1.29, 1.82) is 0 Å². The van der Waals surface area contributed by atoms with Crippen molar-refractivity contribution in [3.8, 4) is 0 Å². The van der Waals surface area contributed by atoms with E-state index in [-0.39, 0.29) is 0 Å². The molecule has 1 fully saturated rings. The molecular weight excluding hydrogens is 212 g/mol. The number of hydrogen-bond acceptors (Lipinski definition) is 1. The summed E-state index contributed by atoms with van der Waals surface area (Å²) in [6.45, 7) is 6.15. The smallest absolute Gasteiger partial charge is 0.00944 e. The molecule has 0 atom stereocenters. The van der Waals surface area contributed by atoms with Gasteiger partial charge in [-0.25, -0.2) is 0 Å². The molecule has 0 nitrogen and oxygen atoms in total. The third-order valence-corrected chi connectivity index (χ3v) is 4.23. The van der Waals surface area contributed by atoms with Crippen LogP contribution >= 0.6 is 11.8 Å². The topological polar surface area (TPSA) is 0 Å². The van der Waals surface area contributed by atoms with Gasteiger partial charge in [-0.05, 0) is 31.9 Å². The molecule has 2 rings (SSSR count).